The molecule has 5 nitrogen and oxygen atoms in total. The minimum absolute atomic E-state index is 0.0673. The van der Waals surface area contributed by atoms with Crippen molar-refractivity contribution in [1.82, 2.24) is 0 Å². The molecule has 1 aliphatic heterocycles. The summed E-state index contributed by atoms with van der Waals surface area (Å²) in [5.74, 6) is -2.76. The Balaban J connectivity index is 2.63. The van der Waals surface area contributed by atoms with Crippen molar-refractivity contribution in [3.63, 3.8) is 0 Å². The highest BCUT2D eigenvalue weighted by molar-refractivity contribution is 6.15. The Kier molecular flexibility index (Phi) is 5.99. The van der Waals surface area contributed by atoms with E-state index in [4.69, 9.17) is 5.11 Å². The lowest BCUT2D eigenvalue weighted by molar-refractivity contribution is -0.151. The summed E-state index contributed by atoms with van der Waals surface area (Å²) < 4.78 is 4.42. The second-order valence-electron chi connectivity index (χ2n) is 4.39. The van der Waals surface area contributed by atoms with E-state index < -0.39 is 24.3 Å². The number of carboxylic acid groups (broad SMARTS) is 1. The van der Waals surface area contributed by atoms with Crippen molar-refractivity contribution in [2.45, 2.75) is 45.4 Å². The SMILES string of the molecule is CCCCCC/C=C/C1=C(CC(=O)O)C(=O)OC1=O. The van der Waals surface area contributed by atoms with Gasteiger partial charge in [-0.2, -0.15) is 0 Å². The maximum atomic E-state index is 11.4. The third-order valence-electron chi connectivity index (χ3n) is 2.81. The molecule has 0 fully saturated rings. The van der Waals surface area contributed by atoms with E-state index in [1.54, 1.807) is 6.08 Å². The number of esters is 2. The standard InChI is InChI=1S/C14H18O5/c1-2-3-4-5-6-7-8-10-11(9-12(15)16)14(18)19-13(10)17/h7-8H,2-6,9H2,1H3,(H,15,16)/b8-7+. The van der Waals surface area contributed by atoms with Crippen LogP contribution in [0.2, 0.25) is 0 Å². The smallest absolute Gasteiger partial charge is 0.346 e. The first-order valence-corrected chi connectivity index (χ1v) is 6.44. The molecule has 1 N–H and O–H groups in total. The minimum Gasteiger partial charge on any atom is -0.481 e. The highest BCUT2D eigenvalue weighted by Gasteiger charge is 2.32. The van der Waals surface area contributed by atoms with Gasteiger partial charge in [0.2, 0.25) is 0 Å². The Bertz CT molecular complexity index is 431. The number of carbonyl (C=O) groups excluding carboxylic acids is 2. The first-order valence-electron chi connectivity index (χ1n) is 6.44. The number of hydrogen-bond donors (Lipinski definition) is 1. The summed E-state index contributed by atoms with van der Waals surface area (Å²) in [6.07, 6.45) is 8.04. The van der Waals surface area contributed by atoms with E-state index in [1.807, 2.05) is 0 Å². The van der Waals surface area contributed by atoms with Gasteiger partial charge in [0.1, 0.15) is 0 Å². The number of carbonyl (C=O) groups is 3. The van der Waals surface area contributed by atoms with E-state index >= 15 is 0 Å². The van der Waals surface area contributed by atoms with Crippen LogP contribution in [0.3, 0.4) is 0 Å². The summed E-state index contributed by atoms with van der Waals surface area (Å²) >= 11 is 0. The van der Waals surface area contributed by atoms with Crippen LogP contribution in [0.25, 0.3) is 0 Å². The number of unbranched alkanes of at least 4 members (excludes halogenated alkanes) is 4. The van der Waals surface area contributed by atoms with Gasteiger partial charge in [-0.25, -0.2) is 9.59 Å². The first-order chi connectivity index (χ1) is 9.06. The quantitative estimate of drug-likeness (QED) is 0.414. The van der Waals surface area contributed by atoms with Crippen LogP contribution >= 0.6 is 0 Å². The summed E-state index contributed by atoms with van der Waals surface area (Å²) in [6.45, 7) is 2.12. The Morgan fingerprint density at radius 3 is 2.58 bits per heavy atom. The van der Waals surface area contributed by atoms with Crippen molar-refractivity contribution >= 4 is 17.9 Å². The van der Waals surface area contributed by atoms with Gasteiger partial charge in [0.25, 0.3) is 0 Å². The van der Waals surface area contributed by atoms with Gasteiger partial charge < -0.3 is 9.84 Å². The lowest BCUT2D eigenvalue weighted by atomic mass is 10.1. The number of hydrogen-bond acceptors (Lipinski definition) is 4. The van der Waals surface area contributed by atoms with Gasteiger partial charge >= 0.3 is 17.9 Å². The minimum atomic E-state index is -1.16. The molecule has 0 amide bonds. The number of carboxylic acids is 1. The number of cyclic esters (lactones) is 2. The zero-order chi connectivity index (χ0) is 14.3. The van der Waals surface area contributed by atoms with Crippen LogP contribution in [0.4, 0.5) is 0 Å². The molecule has 0 aromatic heterocycles. The molecule has 5 heteroatoms. The summed E-state index contributed by atoms with van der Waals surface area (Å²) in [7, 11) is 0. The predicted octanol–water partition coefficient (Wildman–Crippen LogP) is 2.37. The van der Waals surface area contributed by atoms with Crippen LogP contribution in [0.15, 0.2) is 23.3 Å². The van der Waals surface area contributed by atoms with Crippen molar-refractivity contribution in [2.75, 3.05) is 0 Å². The Hall–Kier alpha value is -1.91. The fourth-order valence-corrected chi connectivity index (χ4v) is 1.81. The molecule has 0 atom stereocenters. The average molecular weight is 266 g/mol. The average Bonchev–Trinajstić information content (AvgIpc) is 2.59. The summed E-state index contributed by atoms with van der Waals surface area (Å²) in [5, 5.41) is 8.69. The summed E-state index contributed by atoms with van der Waals surface area (Å²) in [6, 6.07) is 0. The number of rotatable bonds is 8. The zero-order valence-electron chi connectivity index (χ0n) is 11.0. The molecule has 0 aliphatic carbocycles. The highest BCUT2D eigenvalue weighted by Crippen LogP contribution is 2.22. The molecule has 0 radical (unpaired) electrons. The fraction of sp³-hybridized carbons (Fsp3) is 0.500. The predicted molar refractivity (Wildman–Crippen MR) is 68.3 cm³/mol. The second-order valence-corrected chi connectivity index (χ2v) is 4.39. The molecule has 0 saturated carbocycles. The number of allylic oxidation sites excluding steroid dienone is 1. The van der Waals surface area contributed by atoms with E-state index in [-0.39, 0.29) is 11.1 Å². The molecule has 0 aromatic carbocycles. The molecule has 0 spiro atoms. The van der Waals surface area contributed by atoms with Crippen LogP contribution in [0.1, 0.15) is 45.4 Å². The van der Waals surface area contributed by atoms with Gasteiger partial charge in [-0.05, 0) is 12.8 Å². The highest BCUT2D eigenvalue weighted by atomic mass is 16.6. The van der Waals surface area contributed by atoms with E-state index in [2.05, 4.69) is 11.7 Å². The summed E-state index contributed by atoms with van der Waals surface area (Å²) in [4.78, 5) is 33.3. The molecule has 1 rings (SSSR count). The van der Waals surface area contributed by atoms with Crippen molar-refractivity contribution in [3.8, 4) is 0 Å². The number of ether oxygens (including phenoxy) is 1. The van der Waals surface area contributed by atoms with Gasteiger partial charge in [0.05, 0.1) is 17.6 Å². The molecule has 0 unspecified atom stereocenters. The van der Waals surface area contributed by atoms with Crippen LogP contribution in [-0.4, -0.2) is 23.0 Å². The van der Waals surface area contributed by atoms with Crippen molar-refractivity contribution in [1.29, 1.82) is 0 Å². The third kappa shape index (κ3) is 4.69. The van der Waals surface area contributed by atoms with Gasteiger partial charge in [-0.15, -0.1) is 0 Å². The van der Waals surface area contributed by atoms with Crippen LogP contribution in [0.5, 0.6) is 0 Å². The molecular formula is C14H18O5. The normalized spacial score (nSPS) is 15.4. The van der Waals surface area contributed by atoms with Crippen molar-refractivity contribution in [3.05, 3.63) is 23.3 Å². The van der Waals surface area contributed by atoms with Crippen molar-refractivity contribution in [2.24, 2.45) is 0 Å². The molecule has 1 heterocycles. The Morgan fingerprint density at radius 2 is 1.95 bits per heavy atom. The zero-order valence-corrected chi connectivity index (χ0v) is 11.0. The Morgan fingerprint density at radius 1 is 1.21 bits per heavy atom. The van der Waals surface area contributed by atoms with E-state index in [0.29, 0.717) is 0 Å². The number of aliphatic carboxylic acids is 1. The van der Waals surface area contributed by atoms with Crippen LogP contribution in [-0.2, 0) is 19.1 Å². The van der Waals surface area contributed by atoms with E-state index in [0.717, 1.165) is 25.7 Å². The molecule has 0 saturated heterocycles. The van der Waals surface area contributed by atoms with Gasteiger partial charge in [0.15, 0.2) is 0 Å². The van der Waals surface area contributed by atoms with E-state index in [1.165, 1.54) is 12.5 Å². The van der Waals surface area contributed by atoms with Gasteiger partial charge in [-0.3, -0.25) is 4.79 Å². The van der Waals surface area contributed by atoms with E-state index in [9.17, 15) is 14.4 Å². The lowest BCUT2D eigenvalue weighted by Gasteiger charge is -1.95. The van der Waals surface area contributed by atoms with Gasteiger partial charge in [0, 0.05) is 0 Å². The summed E-state index contributed by atoms with van der Waals surface area (Å²) in [5.41, 5.74) is 0.00481. The largest absolute Gasteiger partial charge is 0.481 e. The molecule has 1 aliphatic rings. The first kappa shape index (κ1) is 15.1. The molecule has 19 heavy (non-hydrogen) atoms. The van der Waals surface area contributed by atoms with Crippen LogP contribution < -0.4 is 0 Å². The molecule has 0 bridgehead atoms. The maximum absolute atomic E-state index is 11.4. The van der Waals surface area contributed by atoms with Crippen LogP contribution in [0, 0.1) is 0 Å². The third-order valence-corrected chi connectivity index (χ3v) is 2.81. The molecule has 104 valence electrons. The van der Waals surface area contributed by atoms with Gasteiger partial charge in [-0.1, -0.05) is 38.3 Å². The van der Waals surface area contributed by atoms with Crippen molar-refractivity contribution < 1.29 is 24.2 Å². The second kappa shape index (κ2) is 7.51. The molecular weight excluding hydrogens is 248 g/mol. The monoisotopic (exact) mass is 266 g/mol. The fourth-order valence-electron chi connectivity index (χ4n) is 1.81. The Labute approximate surface area is 111 Å². The molecule has 0 aromatic rings. The topological polar surface area (TPSA) is 80.7 Å². The lowest BCUT2D eigenvalue weighted by Crippen LogP contribution is -2.05. The maximum Gasteiger partial charge on any atom is 0.346 e.